The highest BCUT2D eigenvalue weighted by molar-refractivity contribution is 5.81. The van der Waals surface area contributed by atoms with Crippen molar-refractivity contribution < 1.29 is 36.2 Å². The number of carbonyl (C=O) groups is 1. The Morgan fingerprint density at radius 3 is 2.46 bits per heavy atom. The lowest BCUT2D eigenvalue weighted by Gasteiger charge is -2.31. The largest absolute Gasteiger partial charge is 0.451 e. The molecule has 0 aliphatic carbocycles. The van der Waals surface area contributed by atoms with E-state index >= 15 is 0 Å². The van der Waals surface area contributed by atoms with E-state index in [-0.39, 0.29) is 31.0 Å². The van der Waals surface area contributed by atoms with Crippen molar-refractivity contribution >= 4 is 5.78 Å². The Hall–Kier alpha value is -2.47. The number of Topliss-reactive ketones (excluding diaryl/α,β-unsaturated/α-hetero) is 1. The smallest absolute Gasteiger partial charge is 0.378 e. The number of alkyl halides is 3. The molecule has 0 amide bonds. The maximum absolute atomic E-state index is 13.6. The number of fused-ring (bicyclic) bond motifs is 1. The lowest BCUT2D eigenvalue weighted by Crippen LogP contribution is -2.43. The highest BCUT2D eigenvalue weighted by atomic mass is 19.4. The van der Waals surface area contributed by atoms with Gasteiger partial charge in [0.1, 0.15) is 23.7 Å². The maximum atomic E-state index is 13.6. The minimum atomic E-state index is -4.66. The normalized spacial score (nSPS) is 16.1. The molecule has 3 rings (SSSR count). The van der Waals surface area contributed by atoms with Gasteiger partial charge in [0, 0.05) is 32.0 Å². The second-order valence-electron chi connectivity index (χ2n) is 6.32. The van der Waals surface area contributed by atoms with Crippen molar-refractivity contribution in [1.82, 2.24) is 19.7 Å². The quantitative estimate of drug-likeness (QED) is 0.606. The fraction of sp³-hybridized carbons (Fsp3) is 0.438. The Bertz CT molecular complexity index is 898. The monoisotopic (exact) mass is 408 g/mol. The summed E-state index contributed by atoms with van der Waals surface area (Å²) in [5.74, 6) is -5.59. The summed E-state index contributed by atoms with van der Waals surface area (Å²) in [6.45, 7) is -0.306. The van der Waals surface area contributed by atoms with Crippen molar-refractivity contribution in [3.05, 3.63) is 46.8 Å². The van der Waals surface area contributed by atoms with Crippen LogP contribution in [0.4, 0.5) is 26.3 Å². The highest BCUT2D eigenvalue weighted by Gasteiger charge is 2.40. The molecule has 1 aliphatic heterocycles. The van der Waals surface area contributed by atoms with Gasteiger partial charge in [0.25, 0.3) is 0 Å². The Labute approximate surface area is 154 Å². The lowest BCUT2D eigenvalue weighted by molar-refractivity contribution is -0.148. The summed E-state index contributed by atoms with van der Waals surface area (Å²) in [7, 11) is 0. The van der Waals surface area contributed by atoms with E-state index in [1.165, 1.54) is 4.90 Å². The van der Waals surface area contributed by atoms with Crippen LogP contribution < -0.4 is 0 Å². The van der Waals surface area contributed by atoms with Crippen LogP contribution >= 0.6 is 0 Å². The maximum Gasteiger partial charge on any atom is 0.451 e. The van der Waals surface area contributed by atoms with Gasteiger partial charge in [-0.1, -0.05) is 0 Å². The van der Waals surface area contributed by atoms with E-state index in [0.717, 1.165) is 4.57 Å². The molecule has 0 bridgehead atoms. The molecule has 6 nitrogen and oxygen atoms in total. The third-order valence-corrected chi connectivity index (χ3v) is 4.34. The zero-order chi connectivity index (χ0) is 20.6. The van der Waals surface area contributed by atoms with Crippen molar-refractivity contribution in [3.8, 4) is 0 Å². The number of ketones is 1. The average molecular weight is 408 g/mol. The predicted octanol–water partition coefficient (Wildman–Crippen LogP) is 2.05. The van der Waals surface area contributed by atoms with Gasteiger partial charge in [-0.25, -0.2) is 13.2 Å². The number of aliphatic hydroxyl groups is 1. The van der Waals surface area contributed by atoms with Crippen LogP contribution in [0.5, 0.6) is 0 Å². The number of nitrogens with zero attached hydrogens (tertiary/aromatic N) is 4. The van der Waals surface area contributed by atoms with Gasteiger partial charge in [0.15, 0.2) is 11.6 Å². The van der Waals surface area contributed by atoms with Gasteiger partial charge in [0.2, 0.25) is 5.82 Å². The molecule has 1 aliphatic rings. The van der Waals surface area contributed by atoms with Crippen LogP contribution in [-0.2, 0) is 30.5 Å². The molecule has 12 heteroatoms. The number of halogens is 6. The molecule has 1 aromatic heterocycles. The molecule has 2 aromatic rings. The molecule has 1 unspecified atom stereocenters. The number of hydrogen-bond donors (Lipinski definition) is 1. The Balaban J connectivity index is 1.63. The topological polar surface area (TPSA) is 71.2 Å². The van der Waals surface area contributed by atoms with Gasteiger partial charge in [-0.15, -0.1) is 10.2 Å². The van der Waals surface area contributed by atoms with Crippen LogP contribution in [0.15, 0.2) is 12.1 Å². The molecule has 1 aromatic carbocycles. The van der Waals surface area contributed by atoms with Crippen LogP contribution in [0.2, 0.25) is 0 Å². The Kier molecular flexibility index (Phi) is 5.44. The van der Waals surface area contributed by atoms with E-state index in [1.807, 2.05) is 0 Å². The second kappa shape index (κ2) is 7.51. The molecule has 28 heavy (non-hydrogen) atoms. The molecular formula is C16H14F6N4O2. The van der Waals surface area contributed by atoms with Gasteiger partial charge in [-0.05, 0) is 11.6 Å². The molecule has 0 spiro atoms. The molecule has 1 N–H and O–H groups in total. The van der Waals surface area contributed by atoms with Crippen LogP contribution in [0.3, 0.4) is 0 Å². The minimum absolute atomic E-state index is 0.00209. The first kappa shape index (κ1) is 20.3. The average Bonchev–Trinajstić information content (AvgIpc) is 3.03. The van der Waals surface area contributed by atoms with E-state index in [0.29, 0.717) is 12.1 Å². The van der Waals surface area contributed by atoms with Crippen molar-refractivity contribution in [2.24, 2.45) is 0 Å². The first-order valence-electron chi connectivity index (χ1n) is 8.12. The number of rotatable bonds is 5. The van der Waals surface area contributed by atoms with Gasteiger partial charge >= 0.3 is 6.18 Å². The summed E-state index contributed by atoms with van der Waals surface area (Å²) in [5.41, 5.74) is -0.357. The first-order chi connectivity index (χ1) is 13.1. The zero-order valence-corrected chi connectivity index (χ0v) is 14.2. The molecular weight excluding hydrogens is 394 g/mol. The third-order valence-electron chi connectivity index (χ3n) is 4.34. The third kappa shape index (κ3) is 4.17. The van der Waals surface area contributed by atoms with E-state index < -0.39 is 54.3 Å². The summed E-state index contributed by atoms with van der Waals surface area (Å²) in [6.07, 6.45) is -7.06. The molecule has 0 fully saturated rings. The van der Waals surface area contributed by atoms with Crippen molar-refractivity contribution in [2.45, 2.75) is 38.3 Å². The van der Waals surface area contributed by atoms with Gasteiger partial charge < -0.3 is 9.67 Å². The lowest BCUT2D eigenvalue weighted by atomic mass is 10.0. The number of carbonyl (C=O) groups excluding carboxylic acids is 1. The molecule has 2 heterocycles. The molecule has 0 saturated carbocycles. The van der Waals surface area contributed by atoms with Gasteiger partial charge in [0.05, 0.1) is 6.54 Å². The fourth-order valence-electron chi connectivity index (χ4n) is 2.96. The predicted molar refractivity (Wildman–Crippen MR) is 81.1 cm³/mol. The zero-order valence-electron chi connectivity index (χ0n) is 14.2. The standard InChI is InChI=1S/C16H14F6N4O2/c17-10-6-12(19)11(18)4-8(10)3-9(27)5-14(28)25-1-2-26-13(7-25)23-24-15(26)16(20,21)22/h4,6,14,28H,1-3,5,7H2. The van der Waals surface area contributed by atoms with Crippen LogP contribution in [0, 0.1) is 17.5 Å². The van der Waals surface area contributed by atoms with E-state index in [1.54, 1.807) is 0 Å². The van der Waals surface area contributed by atoms with Crippen molar-refractivity contribution in [3.63, 3.8) is 0 Å². The number of aliphatic hydroxyl groups excluding tert-OH is 1. The summed E-state index contributed by atoms with van der Waals surface area (Å²) < 4.78 is 79.1. The minimum Gasteiger partial charge on any atom is -0.378 e. The van der Waals surface area contributed by atoms with Crippen molar-refractivity contribution in [2.75, 3.05) is 6.54 Å². The SMILES string of the molecule is O=C(Cc1cc(F)c(F)cc1F)CC(O)N1CCn2c(nnc2C(F)(F)F)C1. The van der Waals surface area contributed by atoms with Gasteiger partial charge in [-0.3, -0.25) is 9.69 Å². The highest BCUT2D eigenvalue weighted by Crippen LogP contribution is 2.29. The van der Waals surface area contributed by atoms with Crippen LogP contribution in [0.25, 0.3) is 0 Å². The summed E-state index contributed by atoms with van der Waals surface area (Å²) in [4.78, 5) is 13.4. The summed E-state index contributed by atoms with van der Waals surface area (Å²) in [5, 5.41) is 16.8. The molecule has 0 saturated heterocycles. The van der Waals surface area contributed by atoms with E-state index in [9.17, 15) is 36.2 Å². The first-order valence-corrected chi connectivity index (χ1v) is 8.12. The van der Waals surface area contributed by atoms with E-state index in [4.69, 9.17) is 0 Å². The second-order valence-corrected chi connectivity index (χ2v) is 6.32. The number of benzene rings is 1. The van der Waals surface area contributed by atoms with Crippen molar-refractivity contribution in [1.29, 1.82) is 0 Å². The molecule has 1 atom stereocenters. The van der Waals surface area contributed by atoms with E-state index in [2.05, 4.69) is 10.2 Å². The van der Waals surface area contributed by atoms with Crippen LogP contribution in [-0.4, -0.2) is 43.3 Å². The Morgan fingerprint density at radius 2 is 1.79 bits per heavy atom. The Morgan fingerprint density at radius 1 is 1.11 bits per heavy atom. The fourth-order valence-corrected chi connectivity index (χ4v) is 2.96. The van der Waals surface area contributed by atoms with Gasteiger partial charge in [-0.2, -0.15) is 13.2 Å². The molecule has 152 valence electrons. The molecule has 0 radical (unpaired) electrons. The number of hydrogen-bond acceptors (Lipinski definition) is 5. The summed E-state index contributed by atoms with van der Waals surface area (Å²) in [6, 6.07) is 0.890. The summed E-state index contributed by atoms with van der Waals surface area (Å²) >= 11 is 0. The van der Waals surface area contributed by atoms with Crippen LogP contribution in [0.1, 0.15) is 23.6 Å². The number of aromatic nitrogens is 3.